The fourth-order valence-electron chi connectivity index (χ4n) is 5.29. The van der Waals surface area contributed by atoms with Crippen LogP contribution in [0.5, 0.6) is 0 Å². The Kier molecular flexibility index (Phi) is 6.07. The number of benzene rings is 2. The molecule has 3 aliphatic rings. The van der Waals surface area contributed by atoms with Gasteiger partial charge in [0.15, 0.2) is 0 Å². The summed E-state index contributed by atoms with van der Waals surface area (Å²) in [5.41, 5.74) is 4.06. The summed E-state index contributed by atoms with van der Waals surface area (Å²) in [5, 5.41) is 0. The van der Waals surface area contributed by atoms with Crippen molar-refractivity contribution in [1.82, 2.24) is 14.7 Å². The Labute approximate surface area is 202 Å². The molecule has 5 nitrogen and oxygen atoms in total. The standard InChI is InChI=1S/C27H28F3N3O2/c1-2-3-12-31(17-27(28,29)30)26(35)24-21-10-6-4-8-18(21)13-23(24)32-15-20(16-32)33-14-19-9-5-7-11-22(19)25(33)34/h4-11,13,20,24H,2-3,12,14-17H2,1H3. The maximum Gasteiger partial charge on any atom is 0.406 e. The van der Waals surface area contributed by atoms with Crippen LogP contribution >= 0.6 is 0 Å². The molecule has 2 amide bonds. The summed E-state index contributed by atoms with van der Waals surface area (Å²) in [4.78, 5) is 31.3. The molecule has 2 aliphatic heterocycles. The molecule has 35 heavy (non-hydrogen) atoms. The molecule has 0 bridgehead atoms. The highest BCUT2D eigenvalue weighted by molar-refractivity contribution is 5.98. The Morgan fingerprint density at radius 1 is 1.09 bits per heavy atom. The van der Waals surface area contributed by atoms with Crippen LogP contribution in [-0.2, 0) is 11.3 Å². The number of unbranched alkanes of at least 4 members (excludes halogenated alkanes) is 1. The molecule has 184 valence electrons. The molecule has 0 saturated carbocycles. The largest absolute Gasteiger partial charge is 0.406 e. The average Bonchev–Trinajstić information content (AvgIpc) is 3.33. The zero-order valence-corrected chi connectivity index (χ0v) is 19.6. The highest BCUT2D eigenvalue weighted by atomic mass is 19.4. The number of amides is 2. The van der Waals surface area contributed by atoms with Gasteiger partial charge >= 0.3 is 6.18 Å². The predicted octanol–water partition coefficient (Wildman–Crippen LogP) is 4.66. The van der Waals surface area contributed by atoms with Gasteiger partial charge in [-0.15, -0.1) is 0 Å². The third-order valence-corrected chi connectivity index (χ3v) is 7.13. The fraction of sp³-hybridized carbons (Fsp3) is 0.407. The monoisotopic (exact) mass is 483 g/mol. The predicted molar refractivity (Wildman–Crippen MR) is 126 cm³/mol. The number of halogens is 3. The van der Waals surface area contributed by atoms with E-state index in [2.05, 4.69) is 0 Å². The molecule has 0 spiro atoms. The van der Waals surface area contributed by atoms with E-state index in [0.717, 1.165) is 32.9 Å². The van der Waals surface area contributed by atoms with Crippen LogP contribution < -0.4 is 0 Å². The quantitative estimate of drug-likeness (QED) is 0.576. The topological polar surface area (TPSA) is 43.9 Å². The molecule has 2 aromatic rings. The highest BCUT2D eigenvalue weighted by Crippen LogP contribution is 2.42. The number of rotatable bonds is 7. The third kappa shape index (κ3) is 4.42. The van der Waals surface area contributed by atoms with Crippen molar-refractivity contribution < 1.29 is 22.8 Å². The van der Waals surface area contributed by atoms with Gasteiger partial charge in [0.2, 0.25) is 5.91 Å². The van der Waals surface area contributed by atoms with Gasteiger partial charge in [0.05, 0.1) is 6.04 Å². The maximum absolute atomic E-state index is 13.6. The zero-order chi connectivity index (χ0) is 24.7. The molecule has 1 saturated heterocycles. The van der Waals surface area contributed by atoms with Crippen LogP contribution in [0.3, 0.4) is 0 Å². The summed E-state index contributed by atoms with van der Waals surface area (Å²) in [6, 6.07) is 15.0. The fourth-order valence-corrected chi connectivity index (χ4v) is 5.29. The number of carbonyl (C=O) groups excluding carboxylic acids is 2. The summed E-state index contributed by atoms with van der Waals surface area (Å²) >= 11 is 0. The van der Waals surface area contributed by atoms with Gasteiger partial charge < -0.3 is 14.7 Å². The minimum Gasteiger partial charge on any atom is -0.370 e. The van der Waals surface area contributed by atoms with Crippen molar-refractivity contribution in [1.29, 1.82) is 0 Å². The summed E-state index contributed by atoms with van der Waals surface area (Å²) in [7, 11) is 0. The molecule has 0 aromatic heterocycles. The summed E-state index contributed by atoms with van der Waals surface area (Å²) in [5.74, 6) is -1.27. The lowest BCUT2D eigenvalue weighted by atomic mass is 9.94. The number of hydrogen-bond donors (Lipinski definition) is 0. The molecule has 5 rings (SSSR count). The second-order valence-corrected chi connectivity index (χ2v) is 9.51. The number of fused-ring (bicyclic) bond motifs is 2. The maximum atomic E-state index is 13.6. The summed E-state index contributed by atoms with van der Waals surface area (Å²) in [6.45, 7) is 2.39. The van der Waals surface area contributed by atoms with Gasteiger partial charge in [-0.25, -0.2) is 0 Å². The third-order valence-electron chi connectivity index (χ3n) is 7.13. The van der Waals surface area contributed by atoms with Gasteiger partial charge in [-0.2, -0.15) is 13.2 Å². The summed E-state index contributed by atoms with van der Waals surface area (Å²) < 4.78 is 40.0. The zero-order valence-electron chi connectivity index (χ0n) is 19.6. The van der Waals surface area contributed by atoms with Crippen molar-refractivity contribution in [3.05, 3.63) is 76.5 Å². The van der Waals surface area contributed by atoms with Crippen LogP contribution in [0.2, 0.25) is 0 Å². The van der Waals surface area contributed by atoms with Crippen molar-refractivity contribution in [2.24, 2.45) is 0 Å². The van der Waals surface area contributed by atoms with E-state index < -0.39 is 24.5 Å². The molecule has 2 aromatic carbocycles. The molecule has 1 aliphatic carbocycles. The molecule has 1 unspecified atom stereocenters. The Hall–Kier alpha value is -3.29. The Morgan fingerprint density at radius 3 is 2.51 bits per heavy atom. The molecule has 0 N–H and O–H groups in total. The number of hydrogen-bond acceptors (Lipinski definition) is 3. The van der Waals surface area contributed by atoms with E-state index in [9.17, 15) is 22.8 Å². The van der Waals surface area contributed by atoms with Crippen LogP contribution in [0.4, 0.5) is 13.2 Å². The normalized spacial score (nSPS) is 19.4. The van der Waals surface area contributed by atoms with Gasteiger partial charge in [-0.3, -0.25) is 9.59 Å². The van der Waals surface area contributed by atoms with E-state index in [1.54, 1.807) is 0 Å². The first kappa shape index (κ1) is 23.5. The molecule has 8 heteroatoms. The lowest BCUT2D eigenvalue weighted by molar-refractivity contribution is -0.162. The lowest BCUT2D eigenvalue weighted by Gasteiger charge is -2.47. The molecular weight excluding hydrogens is 455 g/mol. The van der Waals surface area contributed by atoms with Crippen molar-refractivity contribution in [2.45, 2.75) is 44.4 Å². The number of alkyl halides is 3. The molecule has 2 heterocycles. The Morgan fingerprint density at radius 2 is 1.80 bits per heavy atom. The summed E-state index contributed by atoms with van der Waals surface area (Å²) in [6.07, 6.45) is -1.33. The second kappa shape index (κ2) is 9.06. The van der Waals surface area contributed by atoms with E-state index >= 15 is 0 Å². The van der Waals surface area contributed by atoms with Crippen molar-refractivity contribution in [3.8, 4) is 0 Å². The van der Waals surface area contributed by atoms with Crippen molar-refractivity contribution in [2.75, 3.05) is 26.2 Å². The number of carbonyl (C=O) groups is 2. The molecular formula is C27H28F3N3O2. The minimum atomic E-state index is -4.46. The highest BCUT2D eigenvalue weighted by Gasteiger charge is 2.45. The molecule has 1 fully saturated rings. The van der Waals surface area contributed by atoms with E-state index in [-0.39, 0.29) is 18.5 Å². The van der Waals surface area contributed by atoms with Crippen LogP contribution in [0.1, 0.15) is 52.7 Å². The van der Waals surface area contributed by atoms with Crippen molar-refractivity contribution in [3.63, 3.8) is 0 Å². The number of likely N-dealkylation sites (tertiary alicyclic amines) is 1. The first-order valence-corrected chi connectivity index (χ1v) is 12.1. The van der Waals surface area contributed by atoms with Gasteiger partial charge in [0, 0.05) is 37.4 Å². The van der Waals surface area contributed by atoms with Crippen molar-refractivity contribution >= 4 is 17.9 Å². The van der Waals surface area contributed by atoms with Crippen LogP contribution in [0.15, 0.2) is 54.2 Å². The molecule has 0 radical (unpaired) electrons. The van der Waals surface area contributed by atoms with E-state index in [0.29, 0.717) is 32.5 Å². The molecule has 1 atom stereocenters. The second-order valence-electron chi connectivity index (χ2n) is 9.51. The Balaban J connectivity index is 1.35. The lowest BCUT2D eigenvalue weighted by Crippen LogP contribution is -2.59. The first-order chi connectivity index (χ1) is 16.8. The average molecular weight is 484 g/mol. The smallest absolute Gasteiger partial charge is 0.370 e. The SMILES string of the molecule is CCCCN(CC(F)(F)F)C(=O)C1C(N2CC(N3Cc4ccccc4C3=O)C2)=Cc2ccccc21. The van der Waals surface area contributed by atoms with Crippen LogP contribution in [0.25, 0.3) is 6.08 Å². The number of nitrogens with zero attached hydrogens (tertiary/aromatic N) is 3. The first-order valence-electron chi connectivity index (χ1n) is 12.1. The van der Waals surface area contributed by atoms with Gasteiger partial charge in [-0.1, -0.05) is 55.8 Å². The van der Waals surface area contributed by atoms with E-state index in [4.69, 9.17) is 0 Å². The minimum absolute atomic E-state index is 0.00151. The van der Waals surface area contributed by atoms with E-state index in [1.165, 1.54) is 0 Å². The van der Waals surface area contributed by atoms with Gasteiger partial charge in [-0.05, 0) is 35.3 Å². The van der Waals surface area contributed by atoms with Gasteiger partial charge in [0.25, 0.3) is 5.91 Å². The van der Waals surface area contributed by atoms with Crippen LogP contribution in [-0.4, -0.2) is 64.9 Å². The van der Waals surface area contributed by atoms with Crippen LogP contribution in [0, 0.1) is 0 Å². The van der Waals surface area contributed by atoms with E-state index in [1.807, 2.05) is 71.3 Å². The van der Waals surface area contributed by atoms with Gasteiger partial charge in [0.1, 0.15) is 12.5 Å². The Bertz CT molecular complexity index is 1170.